The first-order valence-electron chi connectivity index (χ1n) is 6.60. The number of halogens is 2. The zero-order valence-electron chi connectivity index (χ0n) is 12.1. The minimum Gasteiger partial charge on any atom is -0.309 e. The van der Waals surface area contributed by atoms with Crippen molar-refractivity contribution in [2.75, 3.05) is 11.9 Å². The Hall–Kier alpha value is -1.94. The number of pyridine rings is 1. The summed E-state index contributed by atoms with van der Waals surface area (Å²) >= 11 is 5.96. The van der Waals surface area contributed by atoms with Gasteiger partial charge in [0.25, 0.3) is 5.91 Å². The Morgan fingerprint density at radius 3 is 2.57 bits per heavy atom. The summed E-state index contributed by atoms with van der Waals surface area (Å²) in [7, 11) is 1.53. The number of benzene rings is 1. The fourth-order valence-electron chi connectivity index (χ4n) is 1.96. The Labute approximate surface area is 128 Å². The maximum Gasteiger partial charge on any atom is 0.258 e. The van der Waals surface area contributed by atoms with Crippen molar-refractivity contribution in [2.45, 2.75) is 19.8 Å². The molecule has 0 spiro atoms. The molecule has 0 radical (unpaired) electrons. The van der Waals surface area contributed by atoms with E-state index in [9.17, 15) is 9.18 Å². The van der Waals surface area contributed by atoms with Crippen LogP contribution in [0.1, 0.15) is 35.8 Å². The molecule has 0 atom stereocenters. The molecule has 0 aliphatic rings. The summed E-state index contributed by atoms with van der Waals surface area (Å²) in [6.07, 6.45) is 0. The number of aromatic nitrogens is 1. The van der Waals surface area contributed by atoms with Crippen LogP contribution < -0.4 is 4.90 Å². The Bertz CT molecular complexity index is 673. The minimum atomic E-state index is -0.447. The van der Waals surface area contributed by atoms with Crippen LogP contribution in [0.4, 0.5) is 10.1 Å². The van der Waals surface area contributed by atoms with Gasteiger partial charge in [0.2, 0.25) is 0 Å². The van der Waals surface area contributed by atoms with Gasteiger partial charge < -0.3 is 4.90 Å². The number of hydrogen-bond donors (Lipinski definition) is 0. The number of rotatable bonds is 3. The zero-order valence-corrected chi connectivity index (χ0v) is 12.9. The monoisotopic (exact) mass is 306 g/mol. The van der Waals surface area contributed by atoms with Gasteiger partial charge in [0, 0.05) is 18.3 Å². The highest BCUT2D eigenvalue weighted by Crippen LogP contribution is 2.22. The van der Waals surface area contributed by atoms with Gasteiger partial charge in [-0.3, -0.25) is 4.79 Å². The molecule has 1 heterocycles. The van der Waals surface area contributed by atoms with Crippen molar-refractivity contribution >= 4 is 23.2 Å². The van der Waals surface area contributed by atoms with Crippen LogP contribution in [0.2, 0.25) is 5.15 Å². The molecule has 1 amide bonds. The number of amides is 1. The zero-order chi connectivity index (χ0) is 15.6. The van der Waals surface area contributed by atoms with Crippen LogP contribution in [0.25, 0.3) is 0 Å². The van der Waals surface area contributed by atoms with E-state index in [0.717, 1.165) is 5.69 Å². The van der Waals surface area contributed by atoms with E-state index in [1.54, 1.807) is 24.3 Å². The SMILES string of the molecule is CC(C)c1cc(C(=O)N(C)c2ccccc2F)cc(Cl)n1. The smallest absolute Gasteiger partial charge is 0.258 e. The number of anilines is 1. The molecule has 2 rings (SSSR count). The van der Waals surface area contributed by atoms with Gasteiger partial charge in [0.05, 0.1) is 5.69 Å². The first-order valence-corrected chi connectivity index (χ1v) is 6.98. The molecule has 0 saturated heterocycles. The fraction of sp³-hybridized carbons (Fsp3) is 0.250. The molecule has 1 aromatic heterocycles. The van der Waals surface area contributed by atoms with Gasteiger partial charge in [0.1, 0.15) is 11.0 Å². The predicted octanol–water partition coefficient (Wildman–Crippen LogP) is 4.27. The average molecular weight is 307 g/mol. The fourth-order valence-corrected chi connectivity index (χ4v) is 2.18. The van der Waals surface area contributed by atoms with E-state index >= 15 is 0 Å². The molecule has 0 N–H and O–H groups in total. The second-order valence-electron chi connectivity index (χ2n) is 5.07. The Balaban J connectivity index is 2.38. The maximum absolute atomic E-state index is 13.8. The van der Waals surface area contributed by atoms with Crippen LogP contribution >= 0.6 is 11.6 Å². The lowest BCUT2D eigenvalue weighted by molar-refractivity contribution is 0.0992. The predicted molar refractivity (Wildman–Crippen MR) is 82.5 cm³/mol. The van der Waals surface area contributed by atoms with Crippen molar-refractivity contribution in [3.63, 3.8) is 0 Å². The molecular weight excluding hydrogens is 291 g/mol. The highest BCUT2D eigenvalue weighted by molar-refractivity contribution is 6.29. The molecule has 0 aliphatic heterocycles. The van der Waals surface area contributed by atoms with Crippen LogP contribution in [-0.4, -0.2) is 17.9 Å². The van der Waals surface area contributed by atoms with Crippen molar-refractivity contribution in [3.8, 4) is 0 Å². The second-order valence-corrected chi connectivity index (χ2v) is 5.46. The molecule has 0 aliphatic carbocycles. The van der Waals surface area contributed by atoms with E-state index in [2.05, 4.69) is 4.98 Å². The number of carbonyl (C=O) groups excluding carboxylic acids is 1. The molecule has 1 aromatic carbocycles. The summed E-state index contributed by atoms with van der Waals surface area (Å²) < 4.78 is 13.8. The average Bonchev–Trinajstić information content (AvgIpc) is 2.45. The van der Waals surface area contributed by atoms with Gasteiger partial charge in [-0.05, 0) is 30.2 Å². The van der Waals surface area contributed by atoms with E-state index in [1.165, 1.54) is 24.1 Å². The van der Waals surface area contributed by atoms with Crippen LogP contribution in [0.15, 0.2) is 36.4 Å². The molecule has 21 heavy (non-hydrogen) atoms. The molecule has 5 heteroatoms. The normalized spacial score (nSPS) is 10.8. The standard InChI is InChI=1S/C16H16ClFN2O/c1-10(2)13-8-11(9-15(17)19-13)16(21)20(3)14-7-5-4-6-12(14)18/h4-10H,1-3H3. The Morgan fingerprint density at radius 1 is 1.29 bits per heavy atom. The molecule has 0 unspecified atom stereocenters. The summed E-state index contributed by atoms with van der Waals surface area (Å²) in [6, 6.07) is 9.32. The van der Waals surface area contributed by atoms with Crippen LogP contribution in [0.3, 0.4) is 0 Å². The van der Waals surface area contributed by atoms with Crippen LogP contribution in [-0.2, 0) is 0 Å². The number of para-hydroxylation sites is 1. The van der Waals surface area contributed by atoms with Crippen molar-refractivity contribution < 1.29 is 9.18 Å². The van der Waals surface area contributed by atoms with E-state index in [-0.39, 0.29) is 22.7 Å². The minimum absolute atomic E-state index is 0.147. The molecule has 110 valence electrons. The van der Waals surface area contributed by atoms with Gasteiger partial charge in [-0.25, -0.2) is 9.37 Å². The number of hydrogen-bond acceptors (Lipinski definition) is 2. The van der Waals surface area contributed by atoms with Gasteiger partial charge in [-0.15, -0.1) is 0 Å². The molecule has 3 nitrogen and oxygen atoms in total. The lowest BCUT2D eigenvalue weighted by Gasteiger charge is -2.18. The van der Waals surface area contributed by atoms with Gasteiger partial charge in [0.15, 0.2) is 0 Å². The Morgan fingerprint density at radius 2 is 1.95 bits per heavy atom. The summed E-state index contributed by atoms with van der Waals surface area (Å²) in [4.78, 5) is 18.0. The van der Waals surface area contributed by atoms with Crippen LogP contribution in [0, 0.1) is 5.82 Å². The van der Waals surface area contributed by atoms with Crippen LogP contribution in [0.5, 0.6) is 0 Å². The molecular formula is C16H16ClFN2O. The summed E-state index contributed by atoms with van der Waals surface area (Å²) in [5.41, 5.74) is 1.35. The first kappa shape index (κ1) is 15.4. The van der Waals surface area contributed by atoms with Crippen molar-refractivity contribution in [2.24, 2.45) is 0 Å². The third-order valence-electron chi connectivity index (χ3n) is 3.17. The van der Waals surface area contributed by atoms with Gasteiger partial charge in [-0.1, -0.05) is 37.6 Å². The molecule has 0 bridgehead atoms. The lowest BCUT2D eigenvalue weighted by Crippen LogP contribution is -2.27. The summed E-state index contributed by atoms with van der Waals surface area (Å²) in [6.45, 7) is 3.93. The Kier molecular flexibility index (Phi) is 4.58. The van der Waals surface area contributed by atoms with Gasteiger partial charge >= 0.3 is 0 Å². The maximum atomic E-state index is 13.8. The molecule has 2 aromatic rings. The third kappa shape index (κ3) is 3.39. The van der Waals surface area contributed by atoms with Crippen molar-refractivity contribution in [1.29, 1.82) is 0 Å². The topological polar surface area (TPSA) is 33.2 Å². The third-order valence-corrected chi connectivity index (χ3v) is 3.36. The summed E-state index contributed by atoms with van der Waals surface area (Å²) in [5.74, 6) is -0.627. The highest BCUT2D eigenvalue weighted by atomic mass is 35.5. The first-order chi connectivity index (χ1) is 9.90. The molecule has 0 fully saturated rings. The number of nitrogens with zero attached hydrogens (tertiary/aromatic N) is 2. The largest absolute Gasteiger partial charge is 0.309 e. The second kappa shape index (κ2) is 6.22. The van der Waals surface area contributed by atoms with E-state index < -0.39 is 5.82 Å². The van der Waals surface area contributed by atoms with Crippen molar-refractivity contribution in [1.82, 2.24) is 4.98 Å². The quantitative estimate of drug-likeness (QED) is 0.793. The van der Waals surface area contributed by atoms with E-state index in [0.29, 0.717) is 5.56 Å². The van der Waals surface area contributed by atoms with E-state index in [1.807, 2.05) is 13.8 Å². The van der Waals surface area contributed by atoms with Gasteiger partial charge in [-0.2, -0.15) is 0 Å². The summed E-state index contributed by atoms with van der Waals surface area (Å²) in [5, 5.41) is 0.256. The number of carbonyl (C=O) groups is 1. The highest BCUT2D eigenvalue weighted by Gasteiger charge is 2.18. The van der Waals surface area contributed by atoms with Crippen molar-refractivity contribution in [3.05, 3.63) is 58.6 Å². The molecule has 0 saturated carbocycles. The lowest BCUT2D eigenvalue weighted by atomic mass is 10.1. The van der Waals surface area contributed by atoms with E-state index in [4.69, 9.17) is 11.6 Å².